The van der Waals surface area contributed by atoms with Crippen LogP contribution in [0.5, 0.6) is 0 Å². The van der Waals surface area contributed by atoms with Gasteiger partial charge in [0.05, 0.1) is 6.42 Å². The van der Waals surface area contributed by atoms with E-state index in [-0.39, 0.29) is 0 Å². The molecular formula is C12H16F3N3OS. The second-order valence-corrected chi connectivity index (χ2v) is 5.82. The summed E-state index contributed by atoms with van der Waals surface area (Å²) in [5.74, 6) is -0.219. The minimum absolute atomic E-state index is 0.380. The number of amides is 1. The van der Waals surface area contributed by atoms with Crippen LogP contribution in [0.3, 0.4) is 0 Å². The molecular weight excluding hydrogens is 291 g/mol. The maximum Gasteiger partial charge on any atom is 0.389 e. The summed E-state index contributed by atoms with van der Waals surface area (Å²) in [5.41, 5.74) is 0. The molecule has 2 rings (SSSR count). The number of piperidine rings is 1. The van der Waals surface area contributed by atoms with Gasteiger partial charge in [0, 0.05) is 17.5 Å². The quantitative estimate of drug-likeness (QED) is 0.899. The van der Waals surface area contributed by atoms with Gasteiger partial charge in [-0.05, 0) is 31.8 Å². The smallest absolute Gasteiger partial charge is 0.317 e. The Kier molecular flexibility index (Phi) is 4.98. The van der Waals surface area contributed by atoms with Crippen molar-refractivity contribution in [2.45, 2.75) is 37.8 Å². The Hall–Kier alpha value is -1.15. The van der Waals surface area contributed by atoms with Crippen molar-refractivity contribution < 1.29 is 18.0 Å². The summed E-state index contributed by atoms with van der Waals surface area (Å²) >= 11 is 1.35. The number of nitrogens with one attached hydrogen (secondary N) is 2. The minimum Gasteiger partial charge on any atom is -0.317 e. The molecule has 0 radical (unpaired) electrons. The lowest BCUT2D eigenvalue weighted by molar-refractivity contribution is -0.142. The summed E-state index contributed by atoms with van der Waals surface area (Å²) in [7, 11) is 0. The van der Waals surface area contributed by atoms with Crippen LogP contribution in [-0.4, -0.2) is 30.2 Å². The highest BCUT2D eigenvalue weighted by Crippen LogP contribution is 2.31. The van der Waals surface area contributed by atoms with Crippen LogP contribution >= 0.6 is 11.3 Å². The van der Waals surface area contributed by atoms with Crippen molar-refractivity contribution in [1.82, 2.24) is 10.3 Å². The molecule has 20 heavy (non-hydrogen) atoms. The van der Waals surface area contributed by atoms with Crippen molar-refractivity contribution in [1.29, 1.82) is 0 Å². The molecule has 1 fully saturated rings. The van der Waals surface area contributed by atoms with Crippen molar-refractivity contribution in [3.05, 3.63) is 11.1 Å². The van der Waals surface area contributed by atoms with Crippen LogP contribution in [0.2, 0.25) is 0 Å². The molecule has 1 aliphatic heterocycles. The highest BCUT2D eigenvalue weighted by Gasteiger charge is 2.28. The molecule has 112 valence electrons. The first-order valence-corrected chi connectivity index (χ1v) is 7.29. The molecule has 0 aromatic carbocycles. The van der Waals surface area contributed by atoms with Gasteiger partial charge >= 0.3 is 6.18 Å². The lowest BCUT2D eigenvalue weighted by Gasteiger charge is -2.20. The van der Waals surface area contributed by atoms with Gasteiger partial charge in [-0.2, -0.15) is 13.2 Å². The maximum absolute atomic E-state index is 12.0. The number of halogens is 3. The Bertz CT molecular complexity index is 455. The van der Waals surface area contributed by atoms with Gasteiger partial charge in [-0.1, -0.05) is 0 Å². The highest BCUT2D eigenvalue weighted by atomic mass is 32.1. The van der Waals surface area contributed by atoms with Gasteiger partial charge in [0.25, 0.3) is 0 Å². The molecule has 1 aromatic heterocycles. The standard InChI is InChI=1S/C12H16F3N3OS/c13-12(14,15)4-1-10(19)18-11-17-7-9(20-11)8-2-5-16-6-3-8/h7-8,16H,1-6H2,(H,17,18,19). The molecule has 8 heteroatoms. The number of aromatic nitrogens is 1. The average Bonchev–Trinajstić information content (AvgIpc) is 2.85. The van der Waals surface area contributed by atoms with Crippen molar-refractivity contribution in [2.24, 2.45) is 0 Å². The zero-order chi connectivity index (χ0) is 14.6. The predicted octanol–water partition coefficient (Wildman–Crippen LogP) is 2.89. The van der Waals surface area contributed by atoms with Gasteiger partial charge in [0.1, 0.15) is 0 Å². The molecule has 1 saturated heterocycles. The van der Waals surface area contributed by atoms with Crippen molar-refractivity contribution >= 4 is 22.4 Å². The second kappa shape index (κ2) is 6.53. The number of nitrogens with zero attached hydrogens (tertiary/aromatic N) is 1. The Morgan fingerprint density at radius 2 is 2.15 bits per heavy atom. The van der Waals surface area contributed by atoms with Gasteiger partial charge in [0.15, 0.2) is 5.13 Å². The number of hydrogen-bond acceptors (Lipinski definition) is 4. The van der Waals surface area contributed by atoms with E-state index in [0.717, 1.165) is 30.8 Å². The Balaban J connectivity index is 1.84. The first kappa shape index (κ1) is 15.2. The third-order valence-corrected chi connectivity index (χ3v) is 4.22. The largest absolute Gasteiger partial charge is 0.389 e. The van der Waals surface area contributed by atoms with Crippen LogP contribution in [0.15, 0.2) is 6.20 Å². The number of alkyl halides is 3. The third-order valence-electron chi connectivity index (χ3n) is 3.15. The lowest BCUT2D eigenvalue weighted by Crippen LogP contribution is -2.26. The number of carbonyl (C=O) groups excluding carboxylic acids is 1. The van der Waals surface area contributed by atoms with Crippen LogP contribution < -0.4 is 10.6 Å². The van der Waals surface area contributed by atoms with Gasteiger partial charge in [0.2, 0.25) is 5.91 Å². The van der Waals surface area contributed by atoms with Crippen molar-refractivity contribution in [3.8, 4) is 0 Å². The summed E-state index contributed by atoms with van der Waals surface area (Å²) in [6.07, 6.45) is -2.23. The summed E-state index contributed by atoms with van der Waals surface area (Å²) < 4.78 is 36.0. The average molecular weight is 307 g/mol. The fourth-order valence-corrected chi connectivity index (χ4v) is 3.08. The van der Waals surface area contributed by atoms with Gasteiger partial charge < -0.3 is 10.6 Å². The van der Waals surface area contributed by atoms with Crippen LogP contribution in [-0.2, 0) is 4.79 Å². The van der Waals surface area contributed by atoms with Crippen LogP contribution in [0, 0.1) is 0 Å². The third kappa shape index (κ3) is 4.75. The van der Waals surface area contributed by atoms with Gasteiger partial charge in [-0.25, -0.2) is 4.98 Å². The fraction of sp³-hybridized carbons (Fsp3) is 0.667. The highest BCUT2D eigenvalue weighted by molar-refractivity contribution is 7.15. The molecule has 1 aliphatic rings. The van der Waals surface area contributed by atoms with E-state index in [4.69, 9.17) is 0 Å². The molecule has 2 N–H and O–H groups in total. The lowest BCUT2D eigenvalue weighted by atomic mass is 9.97. The molecule has 4 nitrogen and oxygen atoms in total. The van der Waals surface area contributed by atoms with E-state index in [1.54, 1.807) is 6.20 Å². The van der Waals surface area contributed by atoms with Gasteiger partial charge in [-0.15, -0.1) is 11.3 Å². The Labute approximate surface area is 118 Å². The predicted molar refractivity (Wildman–Crippen MR) is 70.9 cm³/mol. The van der Waals surface area contributed by atoms with Crippen molar-refractivity contribution in [3.63, 3.8) is 0 Å². The summed E-state index contributed by atoms with van der Waals surface area (Å²) in [6.45, 7) is 1.91. The summed E-state index contributed by atoms with van der Waals surface area (Å²) in [4.78, 5) is 16.5. The van der Waals surface area contributed by atoms with Crippen LogP contribution in [0.4, 0.5) is 18.3 Å². The molecule has 0 aliphatic carbocycles. The number of carbonyl (C=O) groups is 1. The Morgan fingerprint density at radius 1 is 1.45 bits per heavy atom. The van der Waals surface area contributed by atoms with E-state index in [1.165, 1.54) is 11.3 Å². The SMILES string of the molecule is O=C(CCC(F)(F)F)Nc1ncc(C2CCNCC2)s1. The zero-order valence-electron chi connectivity index (χ0n) is 10.8. The molecule has 1 amide bonds. The van der Waals surface area contributed by atoms with Gasteiger partial charge in [-0.3, -0.25) is 4.79 Å². The van der Waals surface area contributed by atoms with E-state index in [9.17, 15) is 18.0 Å². The van der Waals surface area contributed by atoms with E-state index in [0.29, 0.717) is 11.0 Å². The van der Waals surface area contributed by atoms with Crippen molar-refractivity contribution in [2.75, 3.05) is 18.4 Å². The van der Waals surface area contributed by atoms with E-state index >= 15 is 0 Å². The maximum atomic E-state index is 12.0. The molecule has 0 unspecified atom stereocenters. The molecule has 0 spiro atoms. The fourth-order valence-electron chi connectivity index (χ4n) is 2.08. The number of anilines is 1. The first-order chi connectivity index (χ1) is 9.44. The van der Waals surface area contributed by atoms with Crippen LogP contribution in [0.25, 0.3) is 0 Å². The van der Waals surface area contributed by atoms with Crippen LogP contribution in [0.1, 0.15) is 36.5 Å². The van der Waals surface area contributed by atoms with E-state index in [2.05, 4.69) is 15.6 Å². The second-order valence-electron chi connectivity index (χ2n) is 4.76. The zero-order valence-corrected chi connectivity index (χ0v) is 11.6. The first-order valence-electron chi connectivity index (χ1n) is 6.47. The number of hydrogen-bond donors (Lipinski definition) is 2. The molecule has 0 atom stereocenters. The summed E-state index contributed by atoms with van der Waals surface area (Å²) in [5, 5.41) is 6.07. The number of thiazole rings is 1. The monoisotopic (exact) mass is 307 g/mol. The molecule has 1 aromatic rings. The number of rotatable bonds is 4. The molecule has 0 bridgehead atoms. The molecule has 0 saturated carbocycles. The van der Waals surface area contributed by atoms with E-state index in [1.807, 2.05) is 0 Å². The topological polar surface area (TPSA) is 54.0 Å². The summed E-state index contributed by atoms with van der Waals surface area (Å²) in [6, 6.07) is 0. The normalized spacial score (nSPS) is 17.1. The minimum atomic E-state index is -4.31. The molecule has 2 heterocycles. The van der Waals surface area contributed by atoms with E-state index < -0.39 is 24.9 Å². The Morgan fingerprint density at radius 3 is 2.80 bits per heavy atom.